The summed E-state index contributed by atoms with van der Waals surface area (Å²) < 4.78 is 37.5. The summed E-state index contributed by atoms with van der Waals surface area (Å²) in [5.74, 6) is -1.00. The Bertz CT molecular complexity index is 1030. The van der Waals surface area contributed by atoms with Gasteiger partial charge in [0.1, 0.15) is 17.2 Å². The van der Waals surface area contributed by atoms with E-state index in [-0.39, 0.29) is 24.9 Å². The van der Waals surface area contributed by atoms with Crippen LogP contribution in [0.2, 0.25) is 0 Å². The molecule has 1 aromatic rings. The number of thioether (sulfide) groups is 2. The number of nitriles is 1. The summed E-state index contributed by atoms with van der Waals surface area (Å²) in [6.45, 7) is 1.72. The highest BCUT2D eigenvalue weighted by Crippen LogP contribution is 2.36. The number of amides is 3. The number of hydrogen-bond donors (Lipinski definition) is 2. The summed E-state index contributed by atoms with van der Waals surface area (Å²) in [5.41, 5.74) is 1.36. The minimum Gasteiger partial charge on any atom is -0.383 e. The van der Waals surface area contributed by atoms with Gasteiger partial charge in [0.25, 0.3) is 0 Å². The number of hydrogen-bond acceptors (Lipinski definition) is 8. The molecule has 3 rings (SSSR count). The van der Waals surface area contributed by atoms with E-state index in [9.17, 15) is 32.8 Å². The molecule has 37 heavy (non-hydrogen) atoms. The molecule has 0 spiro atoms. The number of alkyl halides is 3. The maximum absolute atomic E-state index is 12.9. The van der Waals surface area contributed by atoms with Crippen molar-refractivity contribution in [2.75, 3.05) is 61.6 Å². The number of benzene rings is 1. The number of carbonyl (C=O) groups is 3. The molecule has 202 valence electrons. The fourth-order valence-electron chi connectivity index (χ4n) is 3.94. The van der Waals surface area contributed by atoms with Gasteiger partial charge in [0, 0.05) is 49.7 Å². The average molecular weight is 559 g/mol. The van der Waals surface area contributed by atoms with Gasteiger partial charge in [-0.15, -0.1) is 23.5 Å². The van der Waals surface area contributed by atoms with Crippen molar-refractivity contribution in [1.29, 1.82) is 5.26 Å². The predicted molar refractivity (Wildman–Crippen MR) is 138 cm³/mol. The Kier molecular flexibility index (Phi) is 9.97. The lowest BCUT2D eigenvalue weighted by atomic mass is 10.1. The molecule has 0 bridgehead atoms. The third kappa shape index (κ3) is 7.68. The first-order valence-electron chi connectivity index (χ1n) is 11.6. The summed E-state index contributed by atoms with van der Waals surface area (Å²) in [5, 5.41) is 12.9. The third-order valence-corrected chi connectivity index (χ3v) is 8.48. The Hall–Kier alpha value is -2.63. The van der Waals surface area contributed by atoms with Crippen LogP contribution < -0.4 is 15.5 Å². The lowest BCUT2D eigenvalue weighted by Crippen LogP contribution is -2.45. The van der Waals surface area contributed by atoms with Crippen molar-refractivity contribution in [2.24, 2.45) is 5.92 Å². The fourth-order valence-corrected chi connectivity index (χ4v) is 6.45. The zero-order valence-electron chi connectivity index (χ0n) is 20.5. The monoisotopic (exact) mass is 558 g/mol. The molecule has 2 aliphatic rings. The molecule has 2 saturated heterocycles. The van der Waals surface area contributed by atoms with Crippen molar-refractivity contribution in [3.05, 3.63) is 24.3 Å². The van der Waals surface area contributed by atoms with Crippen LogP contribution in [0.3, 0.4) is 0 Å². The number of rotatable bonds is 10. The first-order chi connectivity index (χ1) is 17.5. The van der Waals surface area contributed by atoms with E-state index in [1.54, 1.807) is 60.2 Å². The molecule has 1 unspecified atom stereocenters. The van der Waals surface area contributed by atoms with Crippen molar-refractivity contribution < 1.29 is 27.6 Å². The van der Waals surface area contributed by atoms with Gasteiger partial charge in [-0.25, -0.2) is 0 Å². The number of likely N-dealkylation sites (N-methyl/N-ethyl adjacent to an activating group) is 1. The second-order valence-corrected chi connectivity index (χ2v) is 11.0. The maximum Gasteiger partial charge on any atom is 0.405 e. The zero-order valence-corrected chi connectivity index (χ0v) is 22.1. The van der Waals surface area contributed by atoms with Gasteiger partial charge in [-0.1, -0.05) is 6.07 Å². The van der Waals surface area contributed by atoms with E-state index >= 15 is 0 Å². The molecular formula is C23H29F3N6O3S2. The number of anilines is 2. The quantitative estimate of drug-likeness (QED) is 0.450. The van der Waals surface area contributed by atoms with Crippen LogP contribution in [-0.2, 0) is 14.4 Å². The van der Waals surface area contributed by atoms with E-state index in [0.29, 0.717) is 17.9 Å². The molecule has 0 aromatic heterocycles. The fraction of sp³-hybridized carbons (Fsp3) is 0.565. The Labute approximate surface area is 222 Å². The first-order valence-corrected chi connectivity index (χ1v) is 13.7. The second kappa shape index (κ2) is 12.7. The van der Waals surface area contributed by atoms with Crippen LogP contribution >= 0.6 is 23.5 Å². The molecule has 0 radical (unpaired) electrons. The topological polar surface area (TPSA) is 109 Å². The molecule has 3 atom stereocenters. The molecule has 9 nitrogen and oxygen atoms in total. The van der Waals surface area contributed by atoms with Crippen LogP contribution in [0.15, 0.2) is 24.3 Å². The highest BCUT2D eigenvalue weighted by molar-refractivity contribution is 8.01. The minimum absolute atomic E-state index is 0.0334. The average Bonchev–Trinajstić information content (AvgIpc) is 3.48. The Morgan fingerprint density at radius 1 is 1.35 bits per heavy atom. The Morgan fingerprint density at radius 2 is 2.11 bits per heavy atom. The number of nitrogens with one attached hydrogen (secondary N) is 2. The van der Waals surface area contributed by atoms with Gasteiger partial charge in [0.05, 0.1) is 12.6 Å². The molecule has 14 heteroatoms. The summed E-state index contributed by atoms with van der Waals surface area (Å²) in [7, 11) is 1.70. The van der Waals surface area contributed by atoms with Crippen molar-refractivity contribution >= 4 is 52.6 Å². The van der Waals surface area contributed by atoms with E-state index in [2.05, 4.69) is 10.2 Å². The van der Waals surface area contributed by atoms with Gasteiger partial charge in [-0.2, -0.15) is 18.4 Å². The predicted octanol–water partition coefficient (Wildman–Crippen LogP) is 2.18. The number of carbonyl (C=O) groups excluding carboxylic acids is 3. The Balaban J connectivity index is 1.61. The van der Waals surface area contributed by atoms with Crippen LogP contribution in [0.25, 0.3) is 0 Å². The molecule has 2 heterocycles. The summed E-state index contributed by atoms with van der Waals surface area (Å²) in [4.78, 5) is 42.9. The zero-order chi connectivity index (χ0) is 27.2. The molecule has 1 aromatic carbocycles. The van der Waals surface area contributed by atoms with Crippen LogP contribution in [0.1, 0.15) is 6.92 Å². The molecule has 0 saturated carbocycles. The molecular weight excluding hydrogens is 529 g/mol. The van der Waals surface area contributed by atoms with Crippen LogP contribution in [0.4, 0.5) is 24.5 Å². The maximum atomic E-state index is 12.9. The van der Waals surface area contributed by atoms with E-state index in [1.807, 2.05) is 6.07 Å². The van der Waals surface area contributed by atoms with Gasteiger partial charge >= 0.3 is 6.18 Å². The molecule has 3 amide bonds. The van der Waals surface area contributed by atoms with Gasteiger partial charge in [0.2, 0.25) is 17.7 Å². The van der Waals surface area contributed by atoms with E-state index < -0.39 is 35.2 Å². The van der Waals surface area contributed by atoms with Crippen molar-refractivity contribution in [3.63, 3.8) is 0 Å². The lowest BCUT2D eigenvalue weighted by molar-refractivity contribution is -0.141. The summed E-state index contributed by atoms with van der Waals surface area (Å²) in [6.07, 6.45) is -4.61. The van der Waals surface area contributed by atoms with Gasteiger partial charge in [-0.3, -0.25) is 19.3 Å². The Morgan fingerprint density at radius 3 is 2.73 bits per heavy atom. The lowest BCUT2D eigenvalue weighted by Gasteiger charge is -2.25. The van der Waals surface area contributed by atoms with Crippen LogP contribution in [0, 0.1) is 17.2 Å². The third-order valence-electron chi connectivity index (χ3n) is 5.96. The van der Waals surface area contributed by atoms with Crippen molar-refractivity contribution in [3.8, 4) is 6.07 Å². The highest BCUT2D eigenvalue weighted by Gasteiger charge is 2.46. The van der Waals surface area contributed by atoms with Crippen LogP contribution in [-0.4, -0.2) is 95.7 Å². The van der Waals surface area contributed by atoms with Gasteiger partial charge < -0.3 is 20.4 Å². The second-order valence-electron chi connectivity index (χ2n) is 8.55. The van der Waals surface area contributed by atoms with E-state index in [1.165, 1.54) is 4.90 Å². The van der Waals surface area contributed by atoms with Gasteiger partial charge in [-0.05, 0) is 25.1 Å². The SMILES string of the molecule is CCN1C(=O)[C@@H](CNc2cccc(N(C)C(=O)CN3CCSC3)c2)SC1[C@H](C#N)C(=O)NCC(F)(F)F. The smallest absolute Gasteiger partial charge is 0.383 e. The molecule has 2 fully saturated rings. The first kappa shape index (κ1) is 28.9. The van der Waals surface area contributed by atoms with Gasteiger partial charge in [0.15, 0.2) is 5.92 Å². The normalized spacial score (nSPS) is 21.0. The number of nitrogens with zero attached hydrogens (tertiary/aromatic N) is 4. The highest BCUT2D eigenvalue weighted by atomic mass is 32.2. The number of halogens is 3. The molecule has 2 N–H and O–H groups in total. The van der Waals surface area contributed by atoms with E-state index in [0.717, 1.165) is 29.9 Å². The van der Waals surface area contributed by atoms with Crippen molar-refractivity contribution in [2.45, 2.75) is 23.7 Å². The minimum atomic E-state index is -4.61. The van der Waals surface area contributed by atoms with E-state index in [4.69, 9.17) is 0 Å². The summed E-state index contributed by atoms with van der Waals surface area (Å²) in [6, 6.07) is 8.94. The largest absolute Gasteiger partial charge is 0.405 e. The standard InChI is InChI=1S/C23H29F3N6O3S2/c1-3-32-21(35)18(37-22(32)17(10-27)20(34)29-13-23(24,25)26)11-28-15-5-4-6-16(9-15)30(2)19(33)12-31-7-8-36-14-31/h4-6,9,17-18,22,28H,3,7-8,11-14H2,1-2H3,(H,29,34)/t17-,18-,22?/m1/s1. The van der Waals surface area contributed by atoms with Crippen molar-refractivity contribution in [1.82, 2.24) is 15.1 Å². The van der Waals surface area contributed by atoms with Crippen LogP contribution in [0.5, 0.6) is 0 Å². The summed E-state index contributed by atoms with van der Waals surface area (Å²) >= 11 is 2.87. The molecule has 0 aliphatic carbocycles. The molecule has 2 aliphatic heterocycles.